The molecule has 1 aliphatic carbocycles. The lowest BCUT2D eigenvalue weighted by Gasteiger charge is -2.22. The molecular weight excluding hydrogens is 246 g/mol. The third-order valence-electron chi connectivity index (χ3n) is 4.81. The van der Waals surface area contributed by atoms with Gasteiger partial charge in [-0.3, -0.25) is 0 Å². The first-order valence-corrected chi connectivity index (χ1v) is 7.44. The Balaban J connectivity index is 1.90. The molecule has 3 rings (SSSR count). The standard InChI is InChI=1S/C17H21N3/c1-3-20(2)14-6-5-13(9-14)16-11-19-17-7-4-12(10-18)8-15(16)17/h4,7-8,11,13-14,19H,3,5-6,9H2,1-2H3. The number of aromatic amines is 1. The van der Waals surface area contributed by atoms with Gasteiger partial charge in [0, 0.05) is 23.1 Å². The van der Waals surface area contributed by atoms with Gasteiger partial charge in [0.15, 0.2) is 0 Å². The number of aromatic nitrogens is 1. The van der Waals surface area contributed by atoms with E-state index in [1.54, 1.807) is 0 Å². The molecular formula is C17H21N3. The Bertz CT molecular complexity index is 650. The predicted molar refractivity (Wildman–Crippen MR) is 81.7 cm³/mol. The highest BCUT2D eigenvalue weighted by atomic mass is 15.1. The first-order chi connectivity index (χ1) is 9.72. The number of hydrogen-bond donors (Lipinski definition) is 1. The van der Waals surface area contributed by atoms with Gasteiger partial charge in [-0.25, -0.2) is 0 Å². The minimum absolute atomic E-state index is 0.622. The van der Waals surface area contributed by atoms with Crippen LogP contribution in [-0.4, -0.2) is 29.5 Å². The van der Waals surface area contributed by atoms with E-state index >= 15 is 0 Å². The van der Waals surface area contributed by atoms with Gasteiger partial charge in [-0.15, -0.1) is 0 Å². The molecule has 1 aliphatic rings. The fraction of sp³-hybridized carbons (Fsp3) is 0.471. The van der Waals surface area contributed by atoms with Crippen LogP contribution < -0.4 is 0 Å². The summed E-state index contributed by atoms with van der Waals surface area (Å²) < 4.78 is 0. The van der Waals surface area contributed by atoms with Gasteiger partial charge in [0.2, 0.25) is 0 Å². The van der Waals surface area contributed by atoms with Crippen molar-refractivity contribution < 1.29 is 0 Å². The van der Waals surface area contributed by atoms with Gasteiger partial charge in [-0.1, -0.05) is 6.92 Å². The lowest BCUT2D eigenvalue weighted by atomic mass is 9.96. The zero-order valence-electron chi connectivity index (χ0n) is 12.2. The normalized spacial score (nSPS) is 22.5. The van der Waals surface area contributed by atoms with Gasteiger partial charge < -0.3 is 9.88 Å². The molecule has 1 saturated carbocycles. The quantitative estimate of drug-likeness (QED) is 0.922. The van der Waals surface area contributed by atoms with Crippen LogP contribution in [0.3, 0.4) is 0 Å². The second-order valence-corrected chi connectivity index (χ2v) is 5.85. The molecule has 3 heteroatoms. The molecule has 1 heterocycles. The molecule has 1 fully saturated rings. The molecule has 0 bridgehead atoms. The highest BCUT2D eigenvalue weighted by Gasteiger charge is 2.29. The van der Waals surface area contributed by atoms with Gasteiger partial charge in [-0.05, 0) is 62.5 Å². The average Bonchev–Trinajstić information content (AvgIpc) is 3.11. The second-order valence-electron chi connectivity index (χ2n) is 5.85. The molecule has 3 nitrogen and oxygen atoms in total. The Morgan fingerprint density at radius 3 is 3.00 bits per heavy atom. The fourth-order valence-corrected chi connectivity index (χ4v) is 3.45. The first-order valence-electron chi connectivity index (χ1n) is 7.44. The Labute approximate surface area is 120 Å². The highest BCUT2D eigenvalue weighted by Crippen LogP contribution is 2.39. The molecule has 2 atom stereocenters. The number of nitriles is 1. The van der Waals surface area contributed by atoms with E-state index in [0.29, 0.717) is 12.0 Å². The van der Waals surface area contributed by atoms with Crippen molar-refractivity contribution in [1.29, 1.82) is 5.26 Å². The number of benzene rings is 1. The average molecular weight is 267 g/mol. The lowest BCUT2D eigenvalue weighted by Crippen LogP contribution is -2.28. The van der Waals surface area contributed by atoms with E-state index < -0.39 is 0 Å². The summed E-state index contributed by atoms with van der Waals surface area (Å²) in [7, 11) is 2.22. The van der Waals surface area contributed by atoms with Crippen LogP contribution in [0.2, 0.25) is 0 Å². The molecule has 2 unspecified atom stereocenters. The Morgan fingerprint density at radius 1 is 1.40 bits per heavy atom. The summed E-state index contributed by atoms with van der Waals surface area (Å²) in [5.74, 6) is 0.622. The van der Waals surface area contributed by atoms with E-state index in [9.17, 15) is 0 Å². The molecule has 0 radical (unpaired) electrons. The largest absolute Gasteiger partial charge is 0.361 e. The summed E-state index contributed by atoms with van der Waals surface area (Å²) in [6.07, 6.45) is 5.90. The van der Waals surface area contributed by atoms with Gasteiger partial charge in [0.05, 0.1) is 11.6 Å². The van der Waals surface area contributed by atoms with Crippen LogP contribution in [0.5, 0.6) is 0 Å². The minimum Gasteiger partial charge on any atom is -0.361 e. The Kier molecular flexibility index (Phi) is 3.50. The maximum Gasteiger partial charge on any atom is 0.0991 e. The number of hydrogen-bond acceptors (Lipinski definition) is 2. The molecule has 2 aromatic rings. The zero-order valence-corrected chi connectivity index (χ0v) is 12.2. The SMILES string of the molecule is CCN(C)C1CCC(c2c[nH]c3ccc(C#N)cc23)C1. The summed E-state index contributed by atoms with van der Waals surface area (Å²) in [5, 5.41) is 10.3. The topological polar surface area (TPSA) is 42.8 Å². The molecule has 0 aliphatic heterocycles. The number of fused-ring (bicyclic) bond motifs is 1. The molecule has 0 spiro atoms. The Morgan fingerprint density at radius 2 is 2.25 bits per heavy atom. The first kappa shape index (κ1) is 13.2. The van der Waals surface area contributed by atoms with Crippen molar-refractivity contribution in [2.75, 3.05) is 13.6 Å². The molecule has 104 valence electrons. The van der Waals surface area contributed by atoms with Crippen LogP contribution in [0.25, 0.3) is 10.9 Å². The van der Waals surface area contributed by atoms with Crippen molar-refractivity contribution in [2.45, 2.75) is 38.1 Å². The van der Waals surface area contributed by atoms with Gasteiger partial charge in [0.1, 0.15) is 0 Å². The van der Waals surface area contributed by atoms with Crippen molar-refractivity contribution in [3.8, 4) is 6.07 Å². The third kappa shape index (κ3) is 2.21. The molecule has 20 heavy (non-hydrogen) atoms. The maximum absolute atomic E-state index is 9.07. The van der Waals surface area contributed by atoms with Crippen molar-refractivity contribution in [3.63, 3.8) is 0 Å². The lowest BCUT2D eigenvalue weighted by molar-refractivity contribution is 0.256. The summed E-state index contributed by atoms with van der Waals surface area (Å²) >= 11 is 0. The van der Waals surface area contributed by atoms with Crippen molar-refractivity contribution in [2.24, 2.45) is 0 Å². The van der Waals surface area contributed by atoms with E-state index in [0.717, 1.165) is 17.6 Å². The summed E-state index contributed by atoms with van der Waals surface area (Å²) in [4.78, 5) is 5.81. The van der Waals surface area contributed by atoms with Crippen LogP contribution in [0.4, 0.5) is 0 Å². The highest BCUT2D eigenvalue weighted by molar-refractivity contribution is 5.85. The summed E-state index contributed by atoms with van der Waals surface area (Å²) in [5.41, 5.74) is 3.29. The van der Waals surface area contributed by atoms with E-state index in [1.165, 1.54) is 30.2 Å². The molecule has 0 amide bonds. The fourth-order valence-electron chi connectivity index (χ4n) is 3.45. The van der Waals surface area contributed by atoms with E-state index in [2.05, 4.69) is 36.1 Å². The predicted octanol–water partition coefficient (Wildman–Crippen LogP) is 3.63. The van der Waals surface area contributed by atoms with Crippen LogP contribution in [-0.2, 0) is 0 Å². The molecule has 1 aromatic carbocycles. The maximum atomic E-state index is 9.07. The monoisotopic (exact) mass is 267 g/mol. The zero-order chi connectivity index (χ0) is 14.1. The third-order valence-corrected chi connectivity index (χ3v) is 4.81. The number of H-pyrrole nitrogens is 1. The second kappa shape index (κ2) is 5.30. The number of rotatable bonds is 3. The van der Waals surface area contributed by atoms with E-state index in [4.69, 9.17) is 5.26 Å². The summed E-state index contributed by atoms with van der Waals surface area (Å²) in [6.45, 7) is 3.34. The van der Waals surface area contributed by atoms with E-state index in [1.807, 2.05) is 18.2 Å². The van der Waals surface area contributed by atoms with Crippen LogP contribution >= 0.6 is 0 Å². The van der Waals surface area contributed by atoms with Crippen molar-refractivity contribution in [3.05, 3.63) is 35.5 Å². The van der Waals surface area contributed by atoms with Gasteiger partial charge >= 0.3 is 0 Å². The molecule has 1 N–H and O–H groups in total. The van der Waals surface area contributed by atoms with E-state index in [-0.39, 0.29) is 0 Å². The molecule has 1 aromatic heterocycles. The summed E-state index contributed by atoms with van der Waals surface area (Å²) in [6, 6.07) is 8.87. The smallest absolute Gasteiger partial charge is 0.0991 e. The van der Waals surface area contributed by atoms with Crippen molar-refractivity contribution >= 4 is 10.9 Å². The van der Waals surface area contributed by atoms with Crippen LogP contribution in [0, 0.1) is 11.3 Å². The number of nitrogens with zero attached hydrogens (tertiary/aromatic N) is 2. The minimum atomic E-state index is 0.622. The Hall–Kier alpha value is -1.79. The van der Waals surface area contributed by atoms with Gasteiger partial charge in [0.25, 0.3) is 0 Å². The van der Waals surface area contributed by atoms with Crippen molar-refractivity contribution in [1.82, 2.24) is 9.88 Å². The molecule has 0 saturated heterocycles. The van der Waals surface area contributed by atoms with Crippen LogP contribution in [0.1, 0.15) is 43.2 Å². The number of nitrogens with one attached hydrogen (secondary N) is 1. The van der Waals surface area contributed by atoms with Gasteiger partial charge in [-0.2, -0.15) is 5.26 Å². The van der Waals surface area contributed by atoms with Crippen LogP contribution in [0.15, 0.2) is 24.4 Å².